The van der Waals surface area contributed by atoms with Crippen molar-refractivity contribution in [1.82, 2.24) is 14.5 Å². The molecule has 2 aromatic rings. The van der Waals surface area contributed by atoms with Crippen molar-refractivity contribution in [3.63, 3.8) is 0 Å². The predicted octanol–water partition coefficient (Wildman–Crippen LogP) is 2.76. The van der Waals surface area contributed by atoms with Crippen molar-refractivity contribution in [3.8, 4) is 5.75 Å². The molecule has 0 N–H and O–H groups in total. The van der Waals surface area contributed by atoms with E-state index in [1.165, 1.54) is 0 Å². The SMILES string of the molecule is Cn1cnc(C(=O)N2CCC(Oc3ccc(Cl)cc3)CC2)c1. The van der Waals surface area contributed by atoms with Crippen molar-refractivity contribution in [2.24, 2.45) is 7.05 Å². The first-order chi connectivity index (χ1) is 10.6. The van der Waals surface area contributed by atoms with Gasteiger partial charge in [0, 0.05) is 44.2 Å². The summed E-state index contributed by atoms with van der Waals surface area (Å²) in [7, 11) is 1.86. The van der Waals surface area contributed by atoms with Crippen LogP contribution in [0.1, 0.15) is 23.3 Å². The second kappa shape index (κ2) is 6.40. The van der Waals surface area contributed by atoms with Crippen molar-refractivity contribution in [2.45, 2.75) is 18.9 Å². The number of imidazole rings is 1. The molecule has 0 radical (unpaired) electrons. The number of nitrogens with zero attached hydrogens (tertiary/aromatic N) is 3. The highest BCUT2D eigenvalue weighted by atomic mass is 35.5. The van der Waals surface area contributed by atoms with Crippen LogP contribution in [0.2, 0.25) is 5.02 Å². The van der Waals surface area contributed by atoms with Crippen LogP contribution in [-0.2, 0) is 7.05 Å². The Morgan fingerprint density at radius 3 is 2.55 bits per heavy atom. The van der Waals surface area contributed by atoms with E-state index in [0.29, 0.717) is 23.8 Å². The quantitative estimate of drug-likeness (QED) is 0.874. The number of halogens is 1. The maximum Gasteiger partial charge on any atom is 0.274 e. The normalized spacial score (nSPS) is 15.8. The molecule has 0 spiro atoms. The Labute approximate surface area is 134 Å². The van der Waals surface area contributed by atoms with Crippen LogP contribution in [0.3, 0.4) is 0 Å². The molecule has 1 aliphatic heterocycles. The van der Waals surface area contributed by atoms with Gasteiger partial charge in [-0.15, -0.1) is 0 Å². The van der Waals surface area contributed by atoms with E-state index in [1.807, 2.05) is 36.2 Å². The molecule has 0 aliphatic carbocycles. The minimum absolute atomic E-state index is 0.00876. The molecule has 1 aromatic carbocycles. The molecule has 0 saturated carbocycles. The molecule has 5 nitrogen and oxygen atoms in total. The van der Waals surface area contributed by atoms with E-state index in [9.17, 15) is 4.79 Å². The predicted molar refractivity (Wildman–Crippen MR) is 84.2 cm³/mol. The number of aryl methyl sites for hydroxylation is 1. The molecule has 1 amide bonds. The Morgan fingerprint density at radius 1 is 1.27 bits per heavy atom. The summed E-state index contributed by atoms with van der Waals surface area (Å²) in [6.07, 6.45) is 5.17. The molecule has 6 heteroatoms. The van der Waals surface area contributed by atoms with Crippen LogP contribution in [0.5, 0.6) is 5.75 Å². The highest BCUT2D eigenvalue weighted by Crippen LogP contribution is 2.21. The summed E-state index contributed by atoms with van der Waals surface area (Å²) < 4.78 is 7.71. The fraction of sp³-hybridized carbons (Fsp3) is 0.375. The van der Waals surface area contributed by atoms with E-state index in [2.05, 4.69) is 4.98 Å². The Bertz CT molecular complexity index is 646. The lowest BCUT2D eigenvalue weighted by Gasteiger charge is -2.31. The van der Waals surface area contributed by atoms with E-state index in [0.717, 1.165) is 18.6 Å². The van der Waals surface area contributed by atoms with Crippen molar-refractivity contribution in [1.29, 1.82) is 0 Å². The van der Waals surface area contributed by atoms with Gasteiger partial charge in [0.2, 0.25) is 0 Å². The fourth-order valence-electron chi connectivity index (χ4n) is 2.57. The topological polar surface area (TPSA) is 47.4 Å². The van der Waals surface area contributed by atoms with Crippen LogP contribution in [0.4, 0.5) is 0 Å². The highest BCUT2D eigenvalue weighted by molar-refractivity contribution is 6.30. The van der Waals surface area contributed by atoms with Gasteiger partial charge in [0.05, 0.1) is 6.33 Å². The number of benzene rings is 1. The van der Waals surface area contributed by atoms with Gasteiger partial charge in [-0.2, -0.15) is 0 Å². The van der Waals surface area contributed by atoms with Crippen molar-refractivity contribution in [2.75, 3.05) is 13.1 Å². The van der Waals surface area contributed by atoms with Gasteiger partial charge in [-0.3, -0.25) is 4.79 Å². The van der Waals surface area contributed by atoms with Gasteiger partial charge < -0.3 is 14.2 Å². The van der Waals surface area contributed by atoms with Gasteiger partial charge >= 0.3 is 0 Å². The molecule has 1 saturated heterocycles. The summed E-state index contributed by atoms with van der Waals surface area (Å²) in [5, 5.41) is 0.697. The minimum Gasteiger partial charge on any atom is -0.490 e. The van der Waals surface area contributed by atoms with Gasteiger partial charge in [0.15, 0.2) is 0 Å². The summed E-state index contributed by atoms with van der Waals surface area (Å²) in [6.45, 7) is 1.38. The number of aromatic nitrogens is 2. The zero-order chi connectivity index (χ0) is 15.5. The standard InChI is InChI=1S/C16H18ClN3O2/c1-19-10-15(18-11-19)16(21)20-8-6-14(7-9-20)22-13-4-2-12(17)3-5-13/h2-5,10-11,14H,6-9H2,1H3. The third kappa shape index (κ3) is 3.42. The number of hydrogen-bond acceptors (Lipinski definition) is 3. The van der Waals surface area contributed by atoms with Crippen molar-refractivity contribution >= 4 is 17.5 Å². The Morgan fingerprint density at radius 2 is 1.95 bits per heavy atom. The Balaban J connectivity index is 1.54. The molecule has 1 aliphatic rings. The van der Waals surface area contributed by atoms with Crippen LogP contribution >= 0.6 is 11.6 Å². The molecule has 0 unspecified atom stereocenters. The lowest BCUT2D eigenvalue weighted by Crippen LogP contribution is -2.41. The van der Waals surface area contributed by atoms with Gasteiger partial charge in [-0.25, -0.2) is 4.98 Å². The maximum absolute atomic E-state index is 12.3. The van der Waals surface area contributed by atoms with Gasteiger partial charge in [-0.1, -0.05) is 11.6 Å². The molecule has 22 heavy (non-hydrogen) atoms. The minimum atomic E-state index is -0.00876. The fourth-order valence-corrected chi connectivity index (χ4v) is 2.69. The van der Waals surface area contributed by atoms with E-state index in [1.54, 1.807) is 17.1 Å². The van der Waals surface area contributed by atoms with Crippen molar-refractivity contribution in [3.05, 3.63) is 47.5 Å². The number of ether oxygens (including phenoxy) is 1. The van der Waals surface area contributed by atoms with Crippen LogP contribution in [0.25, 0.3) is 0 Å². The monoisotopic (exact) mass is 319 g/mol. The molecule has 1 fully saturated rings. The van der Waals surface area contributed by atoms with E-state index >= 15 is 0 Å². The Hall–Kier alpha value is -2.01. The van der Waals surface area contributed by atoms with Crippen LogP contribution in [-0.4, -0.2) is 39.6 Å². The van der Waals surface area contributed by atoms with Crippen molar-refractivity contribution < 1.29 is 9.53 Å². The van der Waals surface area contributed by atoms with E-state index < -0.39 is 0 Å². The van der Waals surface area contributed by atoms with Gasteiger partial charge in [-0.05, 0) is 24.3 Å². The zero-order valence-corrected chi connectivity index (χ0v) is 13.2. The van der Waals surface area contributed by atoms with Crippen LogP contribution in [0, 0.1) is 0 Å². The molecular weight excluding hydrogens is 302 g/mol. The summed E-state index contributed by atoms with van der Waals surface area (Å²) in [4.78, 5) is 18.3. The Kier molecular flexibility index (Phi) is 4.34. The third-order valence-corrected chi connectivity index (χ3v) is 4.02. The second-order valence-electron chi connectivity index (χ2n) is 5.49. The lowest BCUT2D eigenvalue weighted by molar-refractivity contribution is 0.0590. The molecular formula is C16H18ClN3O2. The second-order valence-corrected chi connectivity index (χ2v) is 5.92. The largest absolute Gasteiger partial charge is 0.490 e. The summed E-state index contributed by atoms with van der Waals surface area (Å²) >= 11 is 5.86. The highest BCUT2D eigenvalue weighted by Gasteiger charge is 2.25. The molecule has 116 valence electrons. The van der Waals surface area contributed by atoms with Gasteiger partial charge in [0.25, 0.3) is 5.91 Å². The number of piperidine rings is 1. The van der Waals surface area contributed by atoms with Crippen LogP contribution in [0.15, 0.2) is 36.8 Å². The summed E-state index contributed by atoms with van der Waals surface area (Å²) in [5.74, 6) is 0.810. The number of likely N-dealkylation sites (tertiary alicyclic amines) is 1. The zero-order valence-electron chi connectivity index (χ0n) is 12.4. The van der Waals surface area contributed by atoms with Crippen LogP contribution < -0.4 is 4.74 Å². The molecule has 2 heterocycles. The number of carbonyl (C=O) groups excluding carboxylic acids is 1. The number of hydrogen-bond donors (Lipinski definition) is 0. The number of carbonyl (C=O) groups is 1. The number of rotatable bonds is 3. The van der Waals surface area contributed by atoms with E-state index in [4.69, 9.17) is 16.3 Å². The van der Waals surface area contributed by atoms with E-state index in [-0.39, 0.29) is 12.0 Å². The molecule has 0 atom stereocenters. The molecule has 0 bridgehead atoms. The van der Waals surface area contributed by atoms with Gasteiger partial charge in [0.1, 0.15) is 17.5 Å². The first-order valence-corrected chi connectivity index (χ1v) is 7.69. The molecule has 3 rings (SSSR count). The average Bonchev–Trinajstić information content (AvgIpc) is 2.96. The maximum atomic E-state index is 12.3. The molecule has 1 aromatic heterocycles. The summed E-state index contributed by atoms with van der Waals surface area (Å²) in [6, 6.07) is 7.37. The first-order valence-electron chi connectivity index (χ1n) is 7.31. The number of amides is 1. The lowest BCUT2D eigenvalue weighted by atomic mass is 10.1. The first kappa shape index (κ1) is 14.9. The average molecular weight is 320 g/mol. The third-order valence-electron chi connectivity index (χ3n) is 3.77. The summed E-state index contributed by atoms with van der Waals surface area (Å²) in [5.41, 5.74) is 0.500. The smallest absolute Gasteiger partial charge is 0.274 e.